The third-order valence-electron chi connectivity index (χ3n) is 11.2. The minimum atomic E-state index is -0.393. The van der Waals surface area contributed by atoms with Gasteiger partial charge in [0.05, 0.1) is 16.4 Å². The highest BCUT2D eigenvalue weighted by atomic mass is 15.0. The van der Waals surface area contributed by atoms with Crippen LogP contribution < -0.4 is 0 Å². The Labute approximate surface area is 291 Å². The van der Waals surface area contributed by atoms with Crippen LogP contribution in [0.1, 0.15) is 22.3 Å². The van der Waals surface area contributed by atoms with Gasteiger partial charge in [-0.2, -0.15) is 0 Å². The van der Waals surface area contributed by atoms with Gasteiger partial charge in [-0.25, -0.2) is 0 Å². The van der Waals surface area contributed by atoms with E-state index in [1.807, 2.05) is 0 Å². The van der Waals surface area contributed by atoms with Crippen molar-refractivity contribution in [3.63, 3.8) is 0 Å². The second kappa shape index (κ2) is 10.3. The maximum Gasteiger partial charge on any atom is 0.0726 e. The first-order valence-electron chi connectivity index (χ1n) is 17.4. The van der Waals surface area contributed by atoms with Gasteiger partial charge < -0.3 is 4.57 Å². The maximum atomic E-state index is 2.55. The van der Waals surface area contributed by atoms with Crippen LogP contribution in [0.3, 0.4) is 0 Å². The molecule has 0 unspecified atom stereocenters. The predicted octanol–water partition coefficient (Wildman–Crippen LogP) is 12.5. The summed E-state index contributed by atoms with van der Waals surface area (Å²) in [5.41, 5.74) is 18.8. The van der Waals surface area contributed by atoms with Gasteiger partial charge in [-0.3, -0.25) is 0 Å². The molecule has 0 saturated heterocycles. The van der Waals surface area contributed by atoms with Gasteiger partial charge in [0.2, 0.25) is 0 Å². The van der Waals surface area contributed by atoms with E-state index in [1.54, 1.807) is 0 Å². The van der Waals surface area contributed by atoms with Gasteiger partial charge in [0, 0.05) is 22.0 Å². The average Bonchev–Trinajstić information content (AvgIpc) is 3.80. The topological polar surface area (TPSA) is 4.93 Å². The Kier molecular flexibility index (Phi) is 5.66. The first-order valence-corrected chi connectivity index (χ1v) is 17.4. The molecule has 0 fully saturated rings. The third-order valence-corrected chi connectivity index (χ3v) is 11.2. The van der Waals surface area contributed by atoms with E-state index in [0.717, 1.165) is 5.69 Å². The summed E-state index contributed by atoms with van der Waals surface area (Å²) >= 11 is 0. The van der Waals surface area contributed by atoms with Gasteiger partial charge in [-0.1, -0.05) is 164 Å². The van der Waals surface area contributed by atoms with E-state index >= 15 is 0 Å². The Morgan fingerprint density at radius 1 is 0.340 bits per heavy atom. The number of rotatable bonds is 3. The van der Waals surface area contributed by atoms with Gasteiger partial charge in [-0.05, 0) is 85.5 Å². The van der Waals surface area contributed by atoms with Gasteiger partial charge in [0.1, 0.15) is 0 Å². The highest BCUT2D eigenvalue weighted by molar-refractivity contribution is 6.16. The quantitative estimate of drug-likeness (QED) is 0.182. The predicted molar refractivity (Wildman–Crippen MR) is 208 cm³/mol. The Morgan fingerprint density at radius 3 is 1.46 bits per heavy atom. The highest BCUT2D eigenvalue weighted by Crippen LogP contribution is 2.64. The zero-order valence-electron chi connectivity index (χ0n) is 27.3. The average molecular weight is 634 g/mol. The van der Waals surface area contributed by atoms with Crippen LogP contribution in [0.15, 0.2) is 188 Å². The fourth-order valence-electron chi connectivity index (χ4n) is 9.23. The van der Waals surface area contributed by atoms with E-state index in [-0.39, 0.29) is 0 Å². The van der Waals surface area contributed by atoms with Crippen molar-refractivity contribution < 1.29 is 0 Å². The molecule has 1 heteroatoms. The Bertz CT molecular complexity index is 2700. The molecular formula is C49H31N. The summed E-state index contributed by atoms with van der Waals surface area (Å²) in [7, 11) is 0. The van der Waals surface area contributed by atoms with Crippen molar-refractivity contribution in [2.45, 2.75) is 5.41 Å². The Balaban J connectivity index is 1.30. The van der Waals surface area contributed by atoms with E-state index in [9.17, 15) is 0 Å². The molecule has 0 saturated carbocycles. The minimum absolute atomic E-state index is 0.393. The second-order valence-corrected chi connectivity index (χ2v) is 13.6. The van der Waals surface area contributed by atoms with Gasteiger partial charge >= 0.3 is 0 Å². The van der Waals surface area contributed by atoms with Gasteiger partial charge in [0.25, 0.3) is 0 Å². The molecule has 1 aromatic heterocycles. The zero-order valence-corrected chi connectivity index (χ0v) is 27.3. The molecule has 1 heterocycles. The van der Waals surface area contributed by atoms with E-state index in [2.05, 4.69) is 193 Å². The fourth-order valence-corrected chi connectivity index (χ4v) is 9.23. The zero-order chi connectivity index (χ0) is 32.8. The molecule has 11 rings (SSSR count). The van der Waals surface area contributed by atoms with Gasteiger partial charge in [0.15, 0.2) is 0 Å². The molecule has 1 spiro atoms. The third kappa shape index (κ3) is 3.56. The first-order chi connectivity index (χ1) is 24.8. The Hall–Kier alpha value is -6.44. The molecule has 0 amide bonds. The highest BCUT2D eigenvalue weighted by Gasteiger charge is 2.52. The molecule has 0 N–H and O–H groups in total. The SMILES string of the molecule is c1ccc(-c2cc(-c3ccccc3)cc(-n3c4ccccc4c4ccc5c(c43)-c3ccccc3C53c4ccccc4-c4ccccc43)c2)cc1. The largest absolute Gasteiger partial charge is 0.309 e. The van der Waals surface area contributed by atoms with Crippen LogP contribution in [0.4, 0.5) is 0 Å². The van der Waals surface area contributed by atoms with E-state index in [4.69, 9.17) is 0 Å². The minimum Gasteiger partial charge on any atom is -0.309 e. The molecule has 1 nitrogen and oxygen atoms in total. The molecule has 0 bridgehead atoms. The molecule has 0 atom stereocenters. The lowest BCUT2D eigenvalue weighted by molar-refractivity contribution is 0.794. The lowest BCUT2D eigenvalue weighted by atomic mass is 9.70. The van der Waals surface area contributed by atoms with E-state index < -0.39 is 5.41 Å². The summed E-state index contributed by atoms with van der Waals surface area (Å²) in [6.45, 7) is 0. The first kappa shape index (κ1) is 27.5. The molecular weight excluding hydrogens is 603 g/mol. The van der Waals surface area contributed by atoms with Crippen LogP contribution in [0.25, 0.3) is 72.0 Å². The summed E-state index contributed by atoms with van der Waals surface area (Å²) in [5, 5.41) is 2.54. The molecule has 2 aliphatic rings. The van der Waals surface area contributed by atoms with Crippen LogP contribution in [-0.4, -0.2) is 4.57 Å². The van der Waals surface area contributed by atoms with Crippen molar-refractivity contribution in [2.24, 2.45) is 0 Å². The summed E-state index contributed by atoms with van der Waals surface area (Å²) in [5.74, 6) is 0. The number of hydrogen-bond donors (Lipinski definition) is 0. The molecule has 0 radical (unpaired) electrons. The fraction of sp³-hybridized carbons (Fsp3) is 0.0204. The van der Waals surface area contributed by atoms with Crippen molar-refractivity contribution in [2.75, 3.05) is 0 Å². The van der Waals surface area contributed by atoms with Crippen LogP contribution in [0, 0.1) is 0 Å². The van der Waals surface area contributed by atoms with Crippen molar-refractivity contribution in [1.29, 1.82) is 0 Å². The second-order valence-electron chi connectivity index (χ2n) is 13.6. The summed E-state index contributed by atoms with van der Waals surface area (Å²) in [6.07, 6.45) is 0. The number of benzene rings is 8. The monoisotopic (exact) mass is 633 g/mol. The Morgan fingerprint density at radius 2 is 0.840 bits per heavy atom. The standard InChI is InChI=1S/C49H31N/c1-3-15-32(16-4-1)34-29-35(33-17-5-2-6-18-33)31-36(30-34)50-46-26-14-10-21-39(46)40-27-28-45-47(48(40)50)41-22-9-13-25-44(41)49(45)42-23-11-7-19-37(42)38-20-8-12-24-43(38)49/h1-31H. The normalized spacial score (nSPS) is 13.4. The number of nitrogens with zero attached hydrogens (tertiary/aromatic N) is 1. The lowest BCUT2D eigenvalue weighted by Crippen LogP contribution is -2.25. The smallest absolute Gasteiger partial charge is 0.0726 e. The molecule has 50 heavy (non-hydrogen) atoms. The van der Waals surface area contributed by atoms with Gasteiger partial charge in [-0.15, -0.1) is 0 Å². The summed E-state index contributed by atoms with van der Waals surface area (Å²) < 4.78 is 2.55. The molecule has 0 aliphatic heterocycles. The maximum absolute atomic E-state index is 2.55. The van der Waals surface area contributed by atoms with E-state index in [0.29, 0.717) is 0 Å². The molecule has 232 valence electrons. The number of para-hydroxylation sites is 1. The van der Waals surface area contributed by atoms with Crippen molar-refractivity contribution in [3.05, 3.63) is 210 Å². The van der Waals surface area contributed by atoms with Crippen molar-refractivity contribution in [1.82, 2.24) is 4.57 Å². The molecule has 2 aliphatic carbocycles. The van der Waals surface area contributed by atoms with Crippen LogP contribution in [0.2, 0.25) is 0 Å². The molecule has 8 aromatic carbocycles. The lowest BCUT2D eigenvalue weighted by Gasteiger charge is -2.30. The molecule has 9 aromatic rings. The van der Waals surface area contributed by atoms with Crippen molar-refractivity contribution in [3.8, 4) is 50.2 Å². The van der Waals surface area contributed by atoms with Crippen LogP contribution in [-0.2, 0) is 5.41 Å². The van der Waals surface area contributed by atoms with Crippen LogP contribution in [0.5, 0.6) is 0 Å². The number of aromatic nitrogens is 1. The van der Waals surface area contributed by atoms with E-state index in [1.165, 1.54) is 88.6 Å². The van der Waals surface area contributed by atoms with Crippen LogP contribution >= 0.6 is 0 Å². The summed E-state index contributed by atoms with van der Waals surface area (Å²) in [4.78, 5) is 0. The van der Waals surface area contributed by atoms with Crippen molar-refractivity contribution >= 4 is 21.8 Å². The summed E-state index contributed by atoms with van der Waals surface area (Å²) in [6, 6.07) is 69.7. The number of hydrogen-bond acceptors (Lipinski definition) is 0. The number of fused-ring (bicyclic) bond motifs is 14.